The third kappa shape index (κ3) is 5.04. The van der Waals surface area contributed by atoms with Gasteiger partial charge in [0.05, 0.1) is 6.61 Å². The molecule has 0 fully saturated rings. The second-order valence-electron chi connectivity index (χ2n) is 4.49. The first-order chi connectivity index (χ1) is 8.67. The molecule has 1 aromatic rings. The molecule has 0 bridgehead atoms. The van der Waals surface area contributed by atoms with Crippen molar-refractivity contribution in [2.75, 3.05) is 6.61 Å². The Kier molecular flexibility index (Phi) is 6.72. The van der Waals surface area contributed by atoms with Crippen molar-refractivity contribution in [2.45, 2.75) is 45.4 Å². The minimum atomic E-state index is -0.921. The van der Waals surface area contributed by atoms with Gasteiger partial charge in [-0.1, -0.05) is 25.8 Å². The van der Waals surface area contributed by atoms with E-state index in [-0.39, 0.29) is 12.4 Å². The van der Waals surface area contributed by atoms with Gasteiger partial charge in [0, 0.05) is 6.54 Å². The van der Waals surface area contributed by atoms with Gasteiger partial charge in [-0.05, 0) is 36.1 Å². The molecule has 18 heavy (non-hydrogen) atoms. The summed E-state index contributed by atoms with van der Waals surface area (Å²) in [7, 11) is 0. The summed E-state index contributed by atoms with van der Waals surface area (Å²) in [5.74, 6) is 0.226. The molecule has 0 saturated heterocycles. The summed E-state index contributed by atoms with van der Waals surface area (Å²) in [6.45, 7) is 2.29. The maximum Gasteiger partial charge on any atom is 0.128 e. The summed E-state index contributed by atoms with van der Waals surface area (Å²) in [5, 5.41) is 30.3. The van der Waals surface area contributed by atoms with E-state index >= 15 is 0 Å². The van der Waals surface area contributed by atoms with Gasteiger partial charge in [0.2, 0.25) is 0 Å². The van der Waals surface area contributed by atoms with Crippen molar-refractivity contribution >= 4 is 0 Å². The first-order valence-electron chi connectivity index (χ1n) is 6.50. The lowest BCUT2D eigenvalue weighted by molar-refractivity contribution is 0.0665. The van der Waals surface area contributed by atoms with Crippen LogP contribution in [0.1, 0.15) is 37.3 Å². The van der Waals surface area contributed by atoms with Crippen molar-refractivity contribution in [3.8, 4) is 5.75 Å². The van der Waals surface area contributed by atoms with Crippen molar-refractivity contribution in [3.63, 3.8) is 0 Å². The highest BCUT2D eigenvalue weighted by molar-refractivity contribution is 5.35. The van der Waals surface area contributed by atoms with Gasteiger partial charge in [-0.15, -0.1) is 0 Å². The second kappa shape index (κ2) is 8.08. The van der Waals surface area contributed by atoms with Gasteiger partial charge in [0.15, 0.2) is 0 Å². The van der Waals surface area contributed by atoms with E-state index in [2.05, 4.69) is 12.2 Å². The standard InChI is InChI=1S/C14H23NO3/c1-2-3-4-5-11-6-7-13(17)8-12(11)9-15-14(18)10-16/h6-8,14-18H,2-5,9-10H2,1H3. The van der Waals surface area contributed by atoms with Crippen LogP contribution < -0.4 is 5.32 Å². The normalized spacial score (nSPS) is 12.6. The van der Waals surface area contributed by atoms with Crippen molar-refractivity contribution < 1.29 is 15.3 Å². The van der Waals surface area contributed by atoms with Gasteiger partial charge >= 0.3 is 0 Å². The largest absolute Gasteiger partial charge is 0.508 e. The molecule has 1 aromatic carbocycles. The lowest BCUT2D eigenvalue weighted by Crippen LogP contribution is -2.31. The van der Waals surface area contributed by atoms with Crippen LogP contribution in [0.3, 0.4) is 0 Å². The Bertz CT molecular complexity index is 355. The minimum Gasteiger partial charge on any atom is -0.508 e. The Morgan fingerprint density at radius 3 is 2.67 bits per heavy atom. The molecule has 0 saturated carbocycles. The summed E-state index contributed by atoms with van der Waals surface area (Å²) in [6, 6.07) is 5.32. The first kappa shape index (κ1) is 15.0. The monoisotopic (exact) mass is 253 g/mol. The molecule has 0 aliphatic carbocycles. The Labute approximate surface area is 108 Å². The fraction of sp³-hybridized carbons (Fsp3) is 0.571. The van der Waals surface area contributed by atoms with E-state index in [9.17, 15) is 10.2 Å². The number of hydrogen-bond acceptors (Lipinski definition) is 4. The maximum atomic E-state index is 9.49. The lowest BCUT2D eigenvalue weighted by atomic mass is 10.0. The fourth-order valence-electron chi connectivity index (χ4n) is 1.88. The van der Waals surface area contributed by atoms with E-state index in [0.717, 1.165) is 18.4 Å². The van der Waals surface area contributed by atoms with E-state index in [4.69, 9.17) is 5.11 Å². The molecule has 1 atom stereocenters. The molecule has 0 aliphatic heterocycles. The molecule has 0 heterocycles. The predicted octanol–water partition coefficient (Wildman–Crippen LogP) is 1.53. The predicted molar refractivity (Wildman–Crippen MR) is 71.3 cm³/mol. The third-order valence-corrected chi connectivity index (χ3v) is 2.94. The van der Waals surface area contributed by atoms with Crippen molar-refractivity contribution in [1.82, 2.24) is 5.32 Å². The average molecular weight is 253 g/mol. The summed E-state index contributed by atoms with van der Waals surface area (Å²) < 4.78 is 0. The average Bonchev–Trinajstić information content (AvgIpc) is 2.38. The number of phenols is 1. The van der Waals surface area contributed by atoms with Crippen LogP contribution in [0.2, 0.25) is 0 Å². The zero-order chi connectivity index (χ0) is 13.4. The number of aromatic hydroxyl groups is 1. The number of nitrogens with one attached hydrogen (secondary N) is 1. The number of benzene rings is 1. The van der Waals surface area contributed by atoms with E-state index in [1.54, 1.807) is 12.1 Å². The fourth-order valence-corrected chi connectivity index (χ4v) is 1.88. The van der Waals surface area contributed by atoms with Crippen LogP contribution in [0, 0.1) is 0 Å². The van der Waals surface area contributed by atoms with Crippen LogP contribution in [0.4, 0.5) is 0 Å². The highest BCUT2D eigenvalue weighted by Crippen LogP contribution is 2.19. The molecule has 0 aromatic heterocycles. The van der Waals surface area contributed by atoms with Gasteiger partial charge in [0.25, 0.3) is 0 Å². The van der Waals surface area contributed by atoms with Gasteiger partial charge in [-0.2, -0.15) is 0 Å². The molecule has 1 rings (SSSR count). The maximum absolute atomic E-state index is 9.49. The van der Waals surface area contributed by atoms with Crippen molar-refractivity contribution in [2.24, 2.45) is 0 Å². The molecule has 102 valence electrons. The van der Waals surface area contributed by atoms with Gasteiger partial charge in [0.1, 0.15) is 12.0 Å². The zero-order valence-electron chi connectivity index (χ0n) is 10.9. The summed E-state index contributed by atoms with van der Waals surface area (Å²) in [6.07, 6.45) is 3.54. The topological polar surface area (TPSA) is 72.7 Å². The first-order valence-corrected chi connectivity index (χ1v) is 6.50. The van der Waals surface area contributed by atoms with Crippen LogP contribution in [0.25, 0.3) is 0 Å². The molecular weight excluding hydrogens is 230 g/mol. The quantitative estimate of drug-likeness (QED) is 0.419. The van der Waals surface area contributed by atoms with Gasteiger partial charge in [-0.25, -0.2) is 0 Å². The molecule has 0 aliphatic rings. The summed E-state index contributed by atoms with van der Waals surface area (Å²) >= 11 is 0. The smallest absolute Gasteiger partial charge is 0.128 e. The van der Waals surface area contributed by atoms with Crippen LogP contribution in [0.5, 0.6) is 5.75 Å². The van der Waals surface area contributed by atoms with Crippen LogP contribution in [-0.2, 0) is 13.0 Å². The number of unbranched alkanes of at least 4 members (excludes halogenated alkanes) is 2. The highest BCUT2D eigenvalue weighted by Gasteiger charge is 2.06. The van der Waals surface area contributed by atoms with E-state index < -0.39 is 6.23 Å². The molecule has 4 nitrogen and oxygen atoms in total. The molecule has 4 N–H and O–H groups in total. The molecular formula is C14H23NO3. The number of aliphatic hydroxyl groups is 2. The highest BCUT2D eigenvalue weighted by atomic mass is 16.3. The van der Waals surface area contributed by atoms with E-state index in [0.29, 0.717) is 6.54 Å². The SMILES string of the molecule is CCCCCc1ccc(O)cc1CNC(O)CO. The minimum absolute atomic E-state index is 0.226. The Balaban J connectivity index is 2.64. The van der Waals surface area contributed by atoms with Crippen LogP contribution in [0.15, 0.2) is 18.2 Å². The van der Waals surface area contributed by atoms with Gasteiger partial charge < -0.3 is 15.3 Å². The molecule has 1 unspecified atom stereocenters. The number of phenolic OH excluding ortho intramolecular Hbond substituents is 1. The Morgan fingerprint density at radius 2 is 2.00 bits per heavy atom. The zero-order valence-corrected chi connectivity index (χ0v) is 10.9. The molecule has 0 amide bonds. The number of rotatable bonds is 8. The molecule has 0 radical (unpaired) electrons. The molecule has 4 heteroatoms. The number of hydrogen-bond donors (Lipinski definition) is 4. The summed E-state index contributed by atoms with van der Waals surface area (Å²) in [5.41, 5.74) is 2.15. The second-order valence-corrected chi connectivity index (χ2v) is 4.49. The number of aryl methyl sites for hydroxylation is 1. The van der Waals surface area contributed by atoms with E-state index in [1.165, 1.54) is 18.4 Å². The Morgan fingerprint density at radius 1 is 1.22 bits per heavy atom. The number of aliphatic hydroxyl groups excluding tert-OH is 2. The van der Waals surface area contributed by atoms with Crippen molar-refractivity contribution in [3.05, 3.63) is 29.3 Å². The Hall–Kier alpha value is -1.10. The van der Waals surface area contributed by atoms with Crippen LogP contribution >= 0.6 is 0 Å². The summed E-state index contributed by atoms with van der Waals surface area (Å²) in [4.78, 5) is 0. The third-order valence-electron chi connectivity index (χ3n) is 2.94. The van der Waals surface area contributed by atoms with E-state index in [1.807, 2.05) is 6.07 Å². The van der Waals surface area contributed by atoms with Crippen molar-refractivity contribution in [1.29, 1.82) is 0 Å². The van der Waals surface area contributed by atoms with Gasteiger partial charge in [-0.3, -0.25) is 5.32 Å². The molecule has 0 spiro atoms. The van der Waals surface area contributed by atoms with Crippen LogP contribution in [-0.4, -0.2) is 28.2 Å². The lowest BCUT2D eigenvalue weighted by Gasteiger charge is -2.13.